The Labute approximate surface area is 159 Å². The van der Waals surface area contributed by atoms with Crippen molar-refractivity contribution in [3.05, 3.63) is 0 Å². The number of hydrogen-bond acceptors (Lipinski definition) is 7. The quantitative estimate of drug-likeness (QED) is 0.577. The van der Waals surface area contributed by atoms with Gasteiger partial charge in [0.15, 0.2) is 0 Å². The zero-order chi connectivity index (χ0) is 20.4. The molecule has 2 saturated carbocycles. The molecule has 0 spiro atoms. The van der Waals surface area contributed by atoms with Crippen molar-refractivity contribution in [1.29, 1.82) is 0 Å². The molecule has 0 aromatic heterocycles. The fourth-order valence-electron chi connectivity index (χ4n) is 3.64. The fourth-order valence-corrected chi connectivity index (χ4v) is 3.64. The summed E-state index contributed by atoms with van der Waals surface area (Å²) in [6.45, 7) is 0. The van der Waals surface area contributed by atoms with E-state index in [1.807, 2.05) is 0 Å². The maximum absolute atomic E-state index is 11.2. The minimum absolute atomic E-state index is 0.0269. The third kappa shape index (κ3) is 7.19. The highest BCUT2D eigenvalue weighted by molar-refractivity contribution is 5.75. The van der Waals surface area contributed by atoms with Crippen LogP contribution in [0.1, 0.15) is 51.4 Å². The minimum Gasteiger partial charge on any atom is -0.481 e. The van der Waals surface area contributed by atoms with Crippen LogP contribution in [-0.2, 0) is 33.4 Å². The third-order valence-corrected chi connectivity index (χ3v) is 5.41. The van der Waals surface area contributed by atoms with Gasteiger partial charge in [-0.25, -0.2) is 0 Å². The Morgan fingerprint density at radius 2 is 0.778 bits per heavy atom. The zero-order valence-corrected chi connectivity index (χ0v) is 16.3. The lowest BCUT2D eigenvalue weighted by Crippen LogP contribution is -2.27. The molecule has 0 amide bonds. The van der Waals surface area contributed by atoms with Gasteiger partial charge >= 0.3 is 23.9 Å². The number of carboxylic acid groups (broad SMARTS) is 1. The number of carboxylic acids is 1. The molecule has 27 heavy (non-hydrogen) atoms. The summed E-state index contributed by atoms with van der Waals surface area (Å²) in [5.74, 6) is -1.67. The average molecular weight is 386 g/mol. The highest BCUT2D eigenvalue weighted by Crippen LogP contribution is 2.30. The highest BCUT2D eigenvalue weighted by Gasteiger charge is 2.31. The molecule has 0 aromatic carbocycles. The van der Waals surface area contributed by atoms with Gasteiger partial charge in [-0.05, 0) is 51.4 Å². The van der Waals surface area contributed by atoms with Gasteiger partial charge in [-0.2, -0.15) is 0 Å². The molecule has 1 N–H and O–H groups in total. The molecule has 8 nitrogen and oxygen atoms in total. The molecule has 0 atom stereocenters. The van der Waals surface area contributed by atoms with Gasteiger partial charge in [-0.3, -0.25) is 19.2 Å². The van der Waals surface area contributed by atoms with Crippen molar-refractivity contribution in [2.75, 3.05) is 21.3 Å². The topological polar surface area (TPSA) is 116 Å². The molecular weight excluding hydrogens is 356 g/mol. The van der Waals surface area contributed by atoms with Crippen LogP contribution >= 0.6 is 0 Å². The molecule has 0 radical (unpaired) electrons. The fraction of sp³-hybridized carbons (Fsp3) is 0.789. The monoisotopic (exact) mass is 386 g/mol. The van der Waals surface area contributed by atoms with Crippen LogP contribution in [0.15, 0.2) is 0 Å². The molecule has 2 fully saturated rings. The highest BCUT2D eigenvalue weighted by atomic mass is 16.5. The first-order valence-electron chi connectivity index (χ1n) is 9.30. The van der Waals surface area contributed by atoms with E-state index < -0.39 is 5.97 Å². The van der Waals surface area contributed by atoms with Crippen LogP contribution in [0, 0.1) is 23.7 Å². The number of carbonyl (C=O) groups excluding carboxylic acids is 3. The smallest absolute Gasteiger partial charge is 0.308 e. The molecule has 8 heteroatoms. The van der Waals surface area contributed by atoms with Gasteiger partial charge in [0.2, 0.25) is 0 Å². The molecule has 2 rings (SSSR count). The second-order valence-corrected chi connectivity index (χ2v) is 7.00. The first kappa shape index (κ1) is 22.9. The lowest BCUT2D eigenvalue weighted by Gasteiger charge is -2.24. The Morgan fingerprint density at radius 1 is 0.556 bits per heavy atom. The summed E-state index contributed by atoms with van der Waals surface area (Å²) in [7, 11) is 4.16. The van der Waals surface area contributed by atoms with Crippen molar-refractivity contribution in [3.63, 3.8) is 0 Å². The second kappa shape index (κ2) is 11.6. The Morgan fingerprint density at radius 3 is 0.963 bits per heavy atom. The molecule has 2 aliphatic rings. The Balaban J connectivity index is 0.000000271. The van der Waals surface area contributed by atoms with E-state index in [1.165, 1.54) is 21.3 Å². The van der Waals surface area contributed by atoms with Gasteiger partial charge in [0.05, 0.1) is 45.0 Å². The van der Waals surface area contributed by atoms with Crippen molar-refractivity contribution in [1.82, 2.24) is 0 Å². The maximum atomic E-state index is 11.2. The molecule has 0 heterocycles. The number of ether oxygens (including phenoxy) is 3. The van der Waals surface area contributed by atoms with Crippen molar-refractivity contribution in [2.45, 2.75) is 51.4 Å². The van der Waals surface area contributed by atoms with Crippen molar-refractivity contribution >= 4 is 23.9 Å². The van der Waals surface area contributed by atoms with Crippen LogP contribution in [0.3, 0.4) is 0 Å². The SMILES string of the molecule is COC(=O)C1CCC(C(=O)O)CC1.COC(=O)C1CCC(C(=O)OC)CC1. The van der Waals surface area contributed by atoms with E-state index in [1.54, 1.807) is 0 Å². The van der Waals surface area contributed by atoms with Crippen molar-refractivity contribution < 1.29 is 38.5 Å². The standard InChI is InChI=1S/C10H16O4.C9H14O4/c1-13-9(11)7-3-5-8(6-4-7)10(12)14-2;1-13-9(12)7-4-2-6(3-5-7)8(10)11/h7-8H,3-6H2,1-2H3;6-7H,2-5H2,1H3,(H,10,11). The molecule has 0 bridgehead atoms. The first-order chi connectivity index (χ1) is 12.8. The molecule has 0 aliphatic heterocycles. The lowest BCUT2D eigenvalue weighted by atomic mass is 9.82. The summed E-state index contributed by atoms with van der Waals surface area (Å²) < 4.78 is 13.9. The summed E-state index contributed by atoms with van der Waals surface area (Å²) in [4.78, 5) is 44.0. The average Bonchev–Trinajstić information content (AvgIpc) is 2.72. The summed E-state index contributed by atoms with van der Waals surface area (Å²) in [6, 6.07) is 0. The van der Waals surface area contributed by atoms with Crippen LogP contribution in [-0.4, -0.2) is 50.3 Å². The first-order valence-corrected chi connectivity index (χ1v) is 9.30. The van der Waals surface area contributed by atoms with Gasteiger partial charge in [0, 0.05) is 0 Å². The van der Waals surface area contributed by atoms with Crippen molar-refractivity contribution in [3.8, 4) is 0 Å². The second-order valence-electron chi connectivity index (χ2n) is 7.00. The molecule has 0 aromatic rings. The van der Waals surface area contributed by atoms with Crippen LogP contribution in [0.2, 0.25) is 0 Å². The Kier molecular flexibility index (Phi) is 9.82. The number of aliphatic carboxylic acids is 1. The van der Waals surface area contributed by atoms with E-state index in [9.17, 15) is 19.2 Å². The predicted molar refractivity (Wildman–Crippen MR) is 94.6 cm³/mol. The van der Waals surface area contributed by atoms with E-state index >= 15 is 0 Å². The number of hydrogen-bond donors (Lipinski definition) is 1. The molecule has 154 valence electrons. The summed E-state index contributed by atoms with van der Waals surface area (Å²) in [6.07, 6.45) is 5.38. The van der Waals surface area contributed by atoms with Gasteiger partial charge in [-0.15, -0.1) is 0 Å². The number of esters is 3. The Hall–Kier alpha value is -2.12. The maximum Gasteiger partial charge on any atom is 0.308 e. The van der Waals surface area contributed by atoms with E-state index in [0.29, 0.717) is 25.7 Å². The lowest BCUT2D eigenvalue weighted by molar-refractivity contribution is -0.151. The van der Waals surface area contributed by atoms with E-state index in [2.05, 4.69) is 14.2 Å². The van der Waals surface area contributed by atoms with Crippen molar-refractivity contribution in [2.24, 2.45) is 23.7 Å². The van der Waals surface area contributed by atoms with Gasteiger partial charge < -0.3 is 19.3 Å². The van der Waals surface area contributed by atoms with Crippen LogP contribution in [0.25, 0.3) is 0 Å². The van der Waals surface area contributed by atoms with Crippen LogP contribution in [0.4, 0.5) is 0 Å². The number of rotatable bonds is 4. The van der Waals surface area contributed by atoms with Gasteiger partial charge in [0.25, 0.3) is 0 Å². The summed E-state index contributed by atoms with van der Waals surface area (Å²) >= 11 is 0. The normalized spacial score (nSPS) is 27.4. The number of methoxy groups -OCH3 is 3. The van der Waals surface area contributed by atoms with Crippen LogP contribution in [0.5, 0.6) is 0 Å². The van der Waals surface area contributed by atoms with Gasteiger partial charge in [-0.1, -0.05) is 0 Å². The van der Waals surface area contributed by atoms with Crippen LogP contribution < -0.4 is 0 Å². The Bertz CT molecular complexity index is 490. The molecular formula is C19H30O8. The minimum atomic E-state index is -0.747. The van der Waals surface area contributed by atoms with E-state index in [-0.39, 0.29) is 41.6 Å². The summed E-state index contributed by atoms with van der Waals surface area (Å²) in [5.41, 5.74) is 0. The molecule has 2 aliphatic carbocycles. The molecule has 0 saturated heterocycles. The van der Waals surface area contributed by atoms with Gasteiger partial charge in [0.1, 0.15) is 0 Å². The third-order valence-electron chi connectivity index (χ3n) is 5.41. The number of carbonyl (C=O) groups is 4. The molecule has 0 unspecified atom stereocenters. The predicted octanol–water partition coefficient (Wildman–Crippen LogP) is 2.19. The van der Waals surface area contributed by atoms with E-state index in [0.717, 1.165) is 25.7 Å². The largest absolute Gasteiger partial charge is 0.481 e. The zero-order valence-electron chi connectivity index (χ0n) is 16.3. The van der Waals surface area contributed by atoms with E-state index in [4.69, 9.17) is 5.11 Å². The summed E-state index contributed by atoms with van der Waals surface area (Å²) in [5, 5.41) is 8.70.